The summed E-state index contributed by atoms with van der Waals surface area (Å²) < 4.78 is 0. The van der Waals surface area contributed by atoms with Gasteiger partial charge in [0.25, 0.3) is 5.91 Å². The molecule has 0 bridgehead atoms. The molecule has 7 heteroatoms. The van der Waals surface area contributed by atoms with Gasteiger partial charge in [0.1, 0.15) is 6.04 Å². The molecular weight excluding hydrogens is 274 g/mol. The van der Waals surface area contributed by atoms with E-state index < -0.39 is 17.9 Å². The van der Waals surface area contributed by atoms with Crippen molar-refractivity contribution in [3.8, 4) is 0 Å². The first kappa shape index (κ1) is 15.0. The number of nitrogens with one attached hydrogen (secondary N) is 2. The van der Waals surface area contributed by atoms with Crippen molar-refractivity contribution in [1.82, 2.24) is 10.6 Å². The maximum absolute atomic E-state index is 12.3. The fraction of sp³-hybridized carbons (Fsp3) is 0.357. The van der Waals surface area contributed by atoms with E-state index in [4.69, 9.17) is 5.11 Å². The molecule has 2 rings (SSSR count). The highest BCUT2D eigenvalue weighted by molar-refractivity contribution is 6.35. The zero-order chi connectivity index (χ0) is 15.4. The molecule has 0 saturated carbocycles. The summed E-state index contributed by atoms with van der Waals surface area (Å²) in [6, 6.07) is 6.28. The molecule has 0 fully saturated rings. The predicted molar refractivity (Wildman–Crippen MR) is 75.4 cm³/mol. The second kappa shape index (κ2) is 6.36. The Labute approximate surface area is 121 Å². The number of carbonyl (C=O) groups excluding carboxylic acids is 3. The molecule has 0 aliphatic carbocycles. The van der Waals surface area contributed by atoms with Crippen LogP contribution >= 0.6 is 0 Å². The number of anilines is 1. The fourth-order valence-electron chi connectivity index (χ4n) is 2.30. The van der Waals surface area contributed by atoms with Gasteiger partial charge in [0.05, 0.1) is 6.61 Å². The molecule has 1 atom stereocenters. The van der Waals surface area contributed by atoms with E-state index in [1.807, 2.05) is 13.0 Å². The van der Waals surface area contributed by atoms with Crippen molar-refractivity contribution in [3.63, 3.8) is 0 Å². The number of fused-ring (bicyclic) bond motifs is 1. The Bertz CT molecular complexity index is 573. The van der Waals surface area contributed by atoms with Crippen LogP contribution in [0, 0.1) is 0 Å². The van der Waals surface area contributed by atoms with Gasteiger partial charge in [-0.25, -0.2) is 0 Å². The highest BCUT2D eigenvalue weighted by Crippen LogP contribution is 2.35. The molecule has 21 heavy (non-hydrogen) atoms. The number of likely N-dealkylation sites (N-methyl/N-ethyl adjacent to an activating group) is 1. The molecule has 1 aliphatic rings. The van der Waals surface area contributed by atoms with Gasteiger partial charge < -0.3 is 20.6 Å². The van der Waals surface area contributed by atoms with Crippen molar-refractivity contribution in [2.24, 2.45) is 0 Å². The minimum atomic E-state index is -0.894. The van der Waals surface area contributed by atoms with Crippen LogP contribution in [-0.4, -0.2) is 42.5 Å². The van der Waals surface area contributed by atoms with Gasteiger partial charge in [-0.15, -0.1) is 0 Å². The van der Waals surface area contributed by atoms with E-state index in [0.29, 0.717) is 12.1 Å². The van der Waals surface area contributed by atoms with E-state index in [9.17, 15) is 14.4 Å². The Morgan fingerprint density at radius 3 is 2.67 bits per heavy atom. The number of amides is 3. The van der Waals surface area contributed by atoms with Gasteiger partial charge in [-0.1, -0.05) is 18.2 Å². The third-order valence-electron chi connectivity index (χ3n) is 3.25. The number of nitrogens with zero attached hydrogens (tertiary/aromatic N) is 1. The maximum atomic E-state index is 12.3. The lowest BCUT2D eigenvalue weighted by atomic mass is 10.1. The average molecular weight is 291 g/mol. The zero-order valence-corrected chi connectivity index (χ0v) is 11.6. The molecule has 1 aliphatic heterocycles. The molecule has 0 aromatic heterocycles. The monoisotopic (exact) mass is 291 g/mol. The number of para-hydroxylation sites is 1. The van der Waals surface area contributed by atoms with Crippen LogP contribution in [0.2, 0.25) is 0 Å². The lowest BCUT2D eigenvalue weighted by molar-refractivity contribution is -0.140. The topological polar surface area (TPSA) is 98.7 Å². The first-order valence-electron chi connectivity index (χ1n) is 6.70. The van der Waals surface area contributed by atoms with Crippen LogP contribution in [0.4, 0.5) is 5.69 Å². The van der Waals surface area contributed by atoms with Crippen LogP contribution in [0.3, 0.4) is 0 Å². The van der Waals surface area contributed by atoms with E-state index in [0.717, 1.165) is 5.69 Å². The Hall–Kier alpha value is -2.41. The minimum Gasteiger partial charge on any atom is -0.395 e. The van der Waals surface area contributed by atoms with E-state index in [1.165, 1.54) is 0 Å². The molecule has 0 saturated heterocycles. The summed E-state index contributed by atoms with van der Waals surface area (Å²) >= 11 is 0. The number of benzene rings is 1. The van der Waals surface area contributed by atoms with Crippen LogP contribution in [0.25, 0.3) is 0 Å². The average Bonchev–Trinajstić information content (AvgIpc) is 2.76. The number of hydrogen-bond donors (Lipinski definition) is 3. The third-order valence-corrected chi connectivity index (χ3v) is 3.25. The lowest BCUT2D eigenvalue weighted by Crippen LogP contribution is -2.45. The number of hydrogen-bond acceptors (Lipinski definition) is 4. The van der Waals surface area contributed by atoms with Crippen molar-refractivity contribution in [1.29, 1.82) is 0 Å². The Morgan fingerprint density at radius 2 is 2.00 bits per heavy atom. The van der Waals surface area contributed by atoms with E-state index in [1.54, 1.807) is 23.1 Å². The summed E-state index contributed by atoms with van der Waals surface area (Å²) in [7, 11) is 0. The van der Waals surface area contributed by atoms with Crippen LogP contribution in [0.15, 0.2) is 24.3 Å². The Balaban J connectivity index is 2.15. The first-order chi connectivity index (χ1) is 10.1. The second-order valence-electron chi connectivity index (χ2n) is 4.53. The van der Waals surface area contributed by atoms with Crippen LogP contribution < -0.4 is 15.5 Å². The van der Waals surface area contributed by atoms with Gasteiger partial charge in [-0.05, 0) is 13.0 Å². The van der Waals surface area contributed by atoms with Crippen LogP contribution in [-0.2, 0) is 14.4 Å². The predicted octanol–water partition coefficient (Wildman–Crippen LogP) is -0.681. The van der Waals surface area contributed by atoms with E-state index >= 15 is 0 Å². The molecule has 112 valence electrons. The van der Waals surface area contributed by atoms with Crippen molar-refractivity contribution >= 4 is 23.4 Å². The van der Waals surface area contributed by atoms with Crippen molar-refractivity contribution < 1.29 is 19.5 Å². The molecular formula is C14H17N3O4. The number of rotatable bonds is 4. The normalized spacial score (nSPS) is 16.6. The summed E-state index contributed by atoms with van der Waals surface area (Å²) in [5.74, 6) is -2.03. The van der Waals surface area contributed by atoms with Crippen molar-refractivity contribution in [2.45, 2.75) is 13.0 Å². The second-order valence-corrected chi connectivity index (χ2v) is 4.53. The largest absolute Gasteiger partial charge is 0.395 e. The summed E-state index contributed by atoms with van der Waals surface area (Å²) in [6.45, 7) is 2.06. The molecule has 1 heterocycles. The van der Waals surface area contributed by atoms with Crippen LogP contribution in [0.5, 0.6) is 0 Å². The summed E-state index contributed by atoms with van der Waals surface area (Å²) in [4.78, 5) is 37.1. The van der Waals surface area contributed by atoms with Crippen molar-refractivity contribution in [3.05, 3.63) is 29.8 Å². The molecule has 1 aromatic rings. The molecule has 3 N–H and O–H groups in total. The van der Waals surface area contributed by atoms with Gasteiger partial charge in [0.2, 0.25) is 0 Å². The number of aliphatic hydroxyl groups is 1. The smallest absolute Gasteiger partial charge is 0.310 e. The van der Waals surface area contributed by atoms with Crippen molar-refractivity contribution in [2.75, 3.05) is 24.6 Å². The van der Waals surface area contributed by atoms with Gasteiger partial charge in [-0.2, -0.15) is 0 Å². The summed E-state index contributed by atoms with van der Waals surface area (Å²) in [5, 5.41) is 13.3. The fourth-order valence-corrected chi connectivity index (χ4v) is 2.30. The Morgan fingerprint density at radius 1 is 1.29 bits per heavy atom. The first-order valence-corrected chi connectivity index (χ1v) is 6.70. The lowest BCUT2D eigenvalue weighted by Gasteiger charge is -2.15. The molecule has 7 nitrogen and oxygen atoms in total. The molecule has 0 spiro atoms. The number of aliphatic hydroxyl groups excluding tert-OH is 1. The summed E-state index contributed by atoms with van der Waals surface area (Å²) in [6.07, 6.45) is 0. The van der Waals surface area contributed by atoms with Gasteiger partial charge in [0, 0.05) is 24.3 Å². The van der Waals surface area contributed by atoms with Gasteiger partial charge in [0.15, 0.2) is 0 Å². The maximum Gasteiger partial charge on any atom is 0.310 e. The SMILES string of the molecule is CCN1C(=O)C(NC(=O)C(=O)NCCO)c2ccccc21. The van der Waals surface area contributed by atoms with E-state index in [-0.39, 0.29) is 19.1 Å². The minimum absolute atomic E-state index is 0.0114. The Kier molecular flexibility index (Phi) is 4.54. The molecule has 1 unspecified atom stereocenters. The van der Waals surface area contributed by atoms with Gasteiger partial charge in [-0.3, -0.25) is 14.4 Å². The highest BCUT2D eigenvalue weighted by atomic mass is 16.3. The van der Waals surface area contributed by atoms with Gasteiger partial charge >= 0.3 is 11.8 Å². The quantitative estimate of drug-likeness (QED) is 0.640. The molecule has 0 radical (unpaired) electrons. The molecule has 1 aromatic carbocycles. The zero-order valence-electron chi connectivity index (χ0n) is 11.6. The summed E-state index contributed by atoms with van der Waals surface area (Å²) in [5.41, 5.74) is 1.42. The standard InChI is InChI=1S/C14H17N3O4/c1-2-17-10-6-4-3-5-9(10)11(14(17)21)16-13(20)12(19)15-7-8-18/h3-6,11,18H,2,7-8H2,1H3,(H,15,19)(H,16,20). The highest BCUT2D eigenvalue weighted by Gasteiger charge is 2.37. The third kappa shape index (κ3) is 2.87. The number of carbonyl (C=O) groups is 3. The molecule has 3 amide bonds. The van der Waals surface area contributed by atoms with E-state index in [2.05, 4.69) is 10.6 Å². The van der Waals surface area contributed by atoms with Crippen LogP contribution in [0.1, 0.15) is 18.5 Å².